The van der Waals surface area contributed by atoms with Crippen molar-refractivity contribution in [2.24, 2.45) is 5.41 Å². The zero-order valence-corrected chi connectivity index (χ0v) is 11.8. The van der Waals surface area contributed by atoms with Gasteiger partial charge in [-0.1, -0.05) is 26.7 Å². The molecule has 19 heavy (non-hydrogen) atoms. The standard InChI is InChI=1S/C14H23N3O2/c1-3-7-14(10-15,8-4-2)13(19)17-11-6-5-9-16-12(11)18/h11H,3-9H2,1-2H3,(H,16,18)(H,17,19). The molecule has 0 aromatic rings. The van der Waals surface area contributed by atoms with Crippen LogP contribution in [0.15, 0.2) is 0 Å². The zero-order chi connectivity index (χ0) is 14.3. The highest BCUT2D eigenvalue weighted by Gasteiger charge is 2.39. The molecule has 5 nitrogen and oxygen atoms in total. The van der Waals surface area contributed by atoms with E-state index in [0.29, 0.717) is 25.8 Å². The van der Waals surface area contributed by atoms with Gasteiger partial charge in [0.2, 0.25) is 11.8 Å². The average molecular weight is 265 g/mol. The fraction of sp³-hybridized carbons (Fsp3) is 0.786. The van der Waals surface area contributed by atoms with Crippen molar-refractivity contribution in [1.29, 1.82) is 5.26 Å². The van der Waals surface area contributed by atoms with Crippen LogP contribution < -0.4 is 10.6 Å². The first-order valence-electron chi connectivity index (χ1n) is 7.09. The van der Waals surface area contributed by atoms with Crippen molar-refractivity contribution in [2.75, 3.05) is 6.54 Å². The Morgan fingerprint density at radius 3 is 2.58 bits per heavy atom. The molecular weight excluding hydrogens is 242 g/mol. The summed E-state index contributed by atoms with van der Waals surface area (Å²) in [5.41, 5.74) is -0.985. The van der Waals surface area contributed by atoms with E-state index in [4.69, 9.17) is 0 Å². The first-order chi connectivity index (χ1) is 9.09. The van der Waals surface area contributed by atoms with Crippen molar-refractivity contribution in [3.8, 4) is 6.07 Å². The Labute approximate surface area is 114 Å². The van der Waals surface area contributed by atoms with E-state index >= 15 is 0 Å². The maximum atomic E-state index is 12.4. The van der Waals surface area contributed by atoms with E-state index in [1.54, 1.807) is 0 Å². The summed E-state index contributed by atoms with van der Waals surface area (Å²) in [6, 6.07) is 1.69. The molecule has 1 aliphatic rings. The number of nitrogens with one attached hydrogen (secondary N) is 2. The molecule has 106 valence electrons. The molecule has 0 aromatic carbocycles. The third-order valence-electron chi connectivity index (χ3n) is 3.59. The molecule has 1 aliphatic heterocycles. The maximum Gasteiger partial charge on any atom is 0.242 e. The van der Waals surface area contributed by atoms with Crippen molar-refractivity contribution >= 4 is 11.8 Å². The van der Waals surface area contributed by atoms with Crippen molar-refractivity contribution in [2.45, 2.75) is 58.4 Å². The molecular formula is C14H23N3O2. The monoisotopic (exact) mass is 265 g/mol. The van der Waals surface area contributed by atoms with Gasteiger partial charge in [0, 0.05) is 6.54 Å². The summed E-state index contributed by atoms with van der Waals surface area (Å²) >= 11 is 0. The van der Waals surface area contributed by atoms with E-state index in [2.05, 4.69) is 16.7 Å². The molecule has 0 radical (unpaired) electrons. The van der Waals surface area contributed by atoms with E-state index in [0.717, 1.165) is 19.3 Å². The topological polar surface area (TPSA) is 82.0 Å². The molecule has 2 amide bonds. The van der Waals surface area contributed by atoms with Gasteiger partial charge in [0.1, 0.15) is 11.5 Å². The Kier molecular flexibility index (Phi) is 5.81. The van der Waals surface area contributed by atoms with Gasteiger partial charge in [-0.2, -0.15) is 5.26 Å². The van der Waals surface area contributed by atoms with Gasteiger partial charge in [-0.05, 0) is 25.7 Å². The van der Waals surface area contributed by atoms with Crippen LogP contribution in [0.25, 0.3) is 0 Å². The van der Waals surface area contributed by atoms with Gasteiger partial charge < -0.3 is 10.6 Å². The lowest BCUT2D eigenvalue weighted by molar-refractivity contribution is -0.134. The molecule has 1 fully saturated rings. The van der Waals surface area contributed by atoms with Crippen LogP contribution in [0.5, 0.6) is 0 Å². The normalized spacial score (nSPS) is 19.4. The molecule has 0 aliphatic carbocycles. The maximum absolute atomic E-state index is 12.4. The number of nitrogens with zero attached hydrogens (tertiary/aromatic N) is 1. The number of hydrogen-bond acceptors (Lipinski definition) is 3. The highest BCUT2D eigenvalue weighted by molar-refractivity contribution is 5.91. The van der Waals surface area contributed by atoms with Crippen LogP contribution in [0.2, 0.25) is 0 Å². The number of carbonyl (C=O) groups is 2. The van der Waals surface area contributed by atoms with Gasteiger partial charge in [0.25, 0.3) is 0 Å². The van der Waals surface area contributed by atoms with Crippen LogP contribution >= 0.6 is 0 Å². The van der Waals surface area contributed by atoms with Gasteiger partial charge in [-0.25, -0.2) is 0 Å². The Bertz CT molecular complexity index is 367. The van der Waals surface area contributed by atoms with Gasteiger partial charge in [-0.15, -0.1) is 0 Å². The van der Waals surface area contributed by atoms with Crippen LogP contribution in [0, 0.1) is 16.7 Å². The minimum absolute atomic E-state index is 0.139. The van der Waals surface area contributed by atoms with E-state index in [9.17, 15) is 14.9 Å². The summed E-state index contributed by atoms with van der Waals surface area (Å²) in [6.07, 6.45) is 4.14. The summed E-state index contributed by atoms with van der Waals surface area (Å²) < 4.78 is 0. The second-order valence-corrected chi connectivity index (χ2v) is 5.15. The van der Waals surface area contributed by atoms with Crippen molar-refractivity contribution in [1.82, 2.24) is 10.6 Å². The fourth-order valence-electron chi connectivity index (χ4n) is 2.57. The molecule has 2 N–H and O–H groups in total. The lowest BCUT2D eigenvalue weighted by Gasteiger charge is -2.29. The summed E-state index contributed by atoms with van der Waals surface area (Å²) in [7, 11) is 0. The second kappa shape index (κ2) is 7.13. The van der Waals surface area contributed by atoms with Crippen LogP contribution in [0.3, 0.4) is 0 Å². The summed E-state index contributed by atoms with van der Waals surface area (Å²) in [6.45, 7) is 4.59. The van der Waals surface area contributed by atoms with Gasteiger partial charge in [-0.3, -0.25) is 9.59 Å². The highest BCUT2D eigenvalue weighted by atomic mass is 16.2. The Hall–Kier alpha value is -1.57. The highest BCUT2D eigenvalue weighted by Crippen LogP contribution is 2.29. The molecule has 1 atom stereocenters. The molecule has 1 unspecified atom stereocenters. The van der Waals surface area contributed by atoms with E-state index in [1.807, 2.05) is 13.8 Å². The number of nitriles is 1. The van der Waals surface area contributed by atoms with Crippen LogP contribution in [0.1, 0.15) is 52.4 Å². The first-order valence-corrected chi connectivity index (χ1v) is 7.09. The van der Waals surface area contributed by atoms with Crippen molar-refractivity contribution in [3.05, 3.63) is 0 Å². The predicted molar refractivity (Wildman–Crippen MR) is 72.0 cm³/mol. The quantitative estimate of drug-likeness (QED) is 0.763. The summed E-state index contributed by atoms with van der Waals surface area (Å²) in [4.78, 5) is 24.0. The minimum atomic E-state index is -0.985. The Balaban J connectivity index is 2.76. The molecule has 1 rings (SSSR count). The average Bonchev–Trinajstić information content (AvgIpc) is 2.41. The zero-order valence-electron chi connectivity index (χ0n) is 11.8. The lowest BCUT2D eigenvalue weighted by atomic mass is 9.79. The fourth-order valence-corrected chi connectivity index (χ4v) is 2.57. The van der Waals surface area contributed by atoms with Gasteiger partial charge in [0.15, 0.2) is 0 Å². The Morgan fingerprint density at radius 1 is 1.47 bits per heavy atom. The molecule has 0 aromatic heterocycles. The van der Waals surface area contributed by atoms with Crippen LogP contribution in [-0.4, -0.2) is 24.4 Å². The van der Waals surface area contributed by atoms with E-state index in [1.165, 1.54) is 0 Å². The third-order valence-corrected chi connectivity index (χ3v) is 3.59. The van der Waals surface area contributed by atoms with Crippen molar-refractivity contribution in [3.63, 3.8) is 0 Å². The smallest absolute Gasteiger partial charge is 0.242 e. The van der Waals surface area contributed by atoms with Gasteiger partial charge in [0.05, 0.1) is 6.07 Å². The molecule has 1 saturated heterocycles. The van der Waals surface area contributed by atoms with Crippen LogP contribution in [0.4, 0.5) is 0 Å². The largest absolute Gasteiger partial charge is 0.354 e. The molecule has 0 saturated carbocycles. The van der Waals surface area contributed by atoms with E-state index in [-0.39, 0.29) is 11.8 Å². The van der Waals surface area contributed by atoms with Crippen molar-refractivity contribution < 1.29 is 9.59 Å². The number of carbonyl (C=O) groups excluding carboxylic acids is 2. The van der Waals surface area contributed by atoms with Crippen LogP contribution in [-0.2, 0) is 9.59 Å². The second-order valence-electron chi connectivity index (χ2n) is 5.15. The minimum Gasteiger partial charge on any atom is -0.354 e. The van der Waals surface area contributed by atoms with E-state index < -0.39 is 11.5 Å². The molecule has 1 heterocycles. The molecule has 0 spiro atoms. The summed E-state index contributed by atoms with van der Waals surface area (Å²) in [5.74, 6) is -0.430. The molecule has 5 heteroatoms. The third kappa shape index (κ3) is 3.69. The SMILES string of the molecule is CCCC(C#N)(CCC)C(=O)NC1CCCNC1=O. The summed E-state index contributed by atoms with van der Waals surface area (Å²) in [5, 5.41) is 14.9. The van der Waals surface area contributed by atoms with Gasteiger partial charge >= 0.3 is 0 Å². The number of hydrogen-bond donors (Lipinski definition) is 2. The number of amides is 2. The first kappa shape index (κ1) is 15.5. The number of rotatable bonds is 6. The molecule has 0 bridgehead atoms. The Morgan fingerprint density at radius 2 is 2.11 bits per heavy atom. The predicted octanol–water partition coefficient (Wildman–Crippen LogP) is 1.49. The lowest BCUT2D eigenvalue weighted by Crippen LogP contribution is -2.53. The number of piperidine rings is 1.